The fourth-order valence-electron chi connectivity index (χ4n) is 22.3. The molecule has 44 nitrogen and oxygen atoms in total. The Labute approximate surface area is 803 Å². The fraction of sp³-hybridized carbons (Fsp3) is 0.394. The van der Waals surface area contributed by atoms with E-state index in [0.29, 0.717) is 19.4 Å². The number of Topliss-reactive ketones (excluding diaryl/α,β-unsaturated/α-hetero) is 8. The Kier molecular flexibility index (Phi) is 27.2. The third-order valence-corrected chi connectivity index (χ3v) is 29.4. The molecule has 746 valence electrons. The number of carboxylic acids is 1. The number of amides is 4. The highest BCUT2D eigenvalue weighted by atomic mass is 35.5. The van der Waals surface area contributed by atoms with Crippen LogP contribution in [0, 0.1) is 47.3 Å². The van der Waals surface area contributed by atoms with E-state index < -0.39 is 314 Å². The number of carboxylic acid groups (broad SMARTS) is 1. The van der Waals surface area contributed by atoms with Gasteiger partial charge < -0.3 is 135 Å². The standard InChI is InChI=1S/C29H38N4O10.C22H21ClN2O8.C22H22N2O8.C21H21ClN2O8/c1-28(42)13-7-6-9-17(34)18(13)22(35)19-14(28)11-15-21(33(2)3)23(36)20(25(38)29(15,43)24(19)37)26(39)32-12-31-16(27(40)41)8-4-5-10-30;1-6-9-7(23)4-5-8(26)11(9)16(27)12-10(6)17(28)14-15(25(2)3)18(29)13(21(24)32)20(31)22(14,33)19(12)30;1-7-8-5-4-6-9(25)11(8)16(26)12-10(7)17(27)14-15(24(2)3)18(28)13(21(23)31)20(30)22(14,32)19(12)29;1-24(2)14-7-5-6-10(16(27)12-9(25)4-3-8(22)11(12)15(6)26)18(29)21(7,32)19(30)13(17(14)28)20(23)31/h6-7,9,14-16,21,31,34-35,38,42-43H,4-5,8,10-12,30H2,1-3H3,(H,32,39)(H,40,41);4-5,10,14-15,17,26-28,31,33H,1H2,2-3H3,(H2,24,32);4-6,10,14-15,17,25-27,30,32H,1H2,2-3H3,(H2,23,31);3-4,6-7,14-15,25-27,30,32H,5H2,1-2H3,(H2,23,31)/t14?,15-,16-,21-,28+,29-;2*10-,14-,15+,17+,22+;6-,7-,14-,15-,21-/m0110/s1. The SMILES string of the molecule is C=C1c2c(Cl)ccc(O)c2C(O)=C2C(=O)[C@]3(O)C(O)=C(C(N)=O)C(=O)[C@@H](N(C)C)[C@@H]3[C@@H](O)[C@H]12.C=C1c2cccc(O)c2C(O)=C2C(=O)[C@]3(O)C(O)=C(C(N)=O)C(=O)[C@@H](N(C)C)[C@@H]3[C@@H](O)[C@H]12.CN(C)[C@@H]1C(=O)C(C(=O)NCN[C@@H](CCCCN)C(=O)O)=C(O)[C@@]2(O)C(=O)C3=C(O)c4c(O)cccc4[C@@](C)(O)C3C[C@@H]12.CN(C)[C@@H]1C(=O)C(C(N)=O)=C(O)[C@@]2(O)C(=O)C3=C(O)c4c(O)ccc(Cl)c4[C@@H](O)[C@H]3C[C@@H]12. The first-order valence-corrected chi connectivity index (χ1v) is 43.9. The maximum atomic E-state index is 14.1. The zero-order chi connectivity index (χ0) is 104. The number of hydrogen-bond donors (Lipinski definition) is 27. The molecule has 0 radical (unpaired) electrons. The number of phenols is 4. The van der Waals surface area contributed by atoms with Crippen LogP contribution in [0.5, 0.6) is 23.0 Å². The number of aliphatic hydroxyl groups is 16. The molecule has 4 saturated carbocycles. The lowest BCUT2D eigenvalue weighted by Crippen LogP contribution is -2.70. The van der Waals surface area contributed by atoms with Crippen LogP contribution in [-0.4, -0.2) is 337 Å². The van der Waals surface area contributed by atoms with Gasteiger partial charge in [-0.2, -0.15) is 0 Å². The zero-order valence-corrected chi connectivity index (χ0v) is 77.4. The van der Waals surface area contributed by atoms with E-state index in [1.807, 2.05) is 0 Å². The molecular weight excluding hydrogens is 1880 g/mol. The number of aliphatic carboxylic acids is 1. The number of carbonyl (C=O) groups excluding carboxylic acids is 12. The highest BCUT2D eigenvalue weighted by Crippen LogP contribution is 2.63. The fourth-order valence-corrected chi connectivity index (χ4v) is 22.9. The molecule has 12 aliphatic rings. The molecule has 0 spiro atoms. The van der Waals surface area contributed by atoms with Gasteiger partial charge >= 0.3 is 5.97 Å². The number of halogens is 2. The second-order valence-electron chi connectivity index (χ2n) is 37.1. The van der Waals surface area contributed by atoms with Crippen molar-refractivity contribution >= 4 is 133 Å². The van der Waals surface area contributed by atoms with Gasteiger partial charge in [-0.1, -0.05) is 67.0 Å². The third-order valence-electron chi connectivity index (χ3n) is 28.8. The first-order valence-electron chi connectivity index (χ1n) is 43.2. The summed E-state index contributed by atoms with van der Waals surface area (Å²) in [5.41, 5.74) is 1.97. The number of fused-ring (bicyclic) bond motifs is 12. The molecule has 4 aromatic rings. The molecule has 46 heteroatoms. The summed E-state index contributed by atoms with van der Waals surface area (Å²) in [4.78, 5) is 174. The second kappa shape index (κ2) is 36.7. The molecule has 16 rings (SSSR count). The third kappa shape index (κ3) is 15.1. The van der Waals surface area contributed by atoms with Crippen molar-refractivity contribution < 1.29 is 170 Å². The average Bonchev–Trinajstić information content (AvgIpc) is 0.693. The summed E-state index contributed by atoms with van der Waals surface area (Å²) in [7, 11) is 11.7. The van der Waals surface area contributed by atoms with E-state index in [4.69, 9.17) is 46.1 Å². The number of benzene rings is 4. The number of primary amides is 3. The number of aromatic hydroxyl groups is 4. The van der Waals surface area contributed by atoms with Gasteiger partial charge in [0.2, 0.25) is 23.1 Å². The predicted molar refractivity (Wildman–Crippen MR) is 489 cm³/mol. The first-order chi connectivity index (χ1) is 65.1. The van der Waals surface area contributed by atoms with Gasteiger partial charge in [0.25, 0.3) is 23.6 Å². The van der Waals surface area contributed by atoms with Crippen LogP contribution in [0.25, 0.3) is 34.2 Å². The van der Waals surface area contributed by atoms with Crippen LogP contribution in [0.2, 0.25) is 10.0 Å². The van der Waals surface area contributed by atoms with Crippen molar-refractivity contribution in [2.45, 2.75) is 116 Å². The number of phenolic OH excluding ortho intramolecular Hbond substituents is 4. The molecule has 0 aromatic heterocycles. The predicted octanol–water partition coefficient (Wildman–Crippen LogP) is -1.04. The molecule has 0 saturated heterocycles. The molecule has 31 N–H and O–H groups in total. The number of hydrogen-bond acceptors (Lipinski definition) is 39. The second-order valence-corrected chi connectivity index (χ2v) is 37.9. The molecule has 4 fully saturated rings. The Morgan fingerprint density at radius 2 is 0.850 bits per heavy atom. The molecule has 0 bridgehead atoms. The van der Waals surface area contributed by atoms with Crippen LogP contribution >= 0.6 is 23.2 Å². The summed E-state index contributed by atoms with van der Waals surface area (Å²) < 4.78 is 0. The number of nitrogens with zero attached hydrogens (tertiary/aromatic N) is 4. The minimum absolute atomic E-state index is 0.00251. The number of ketones is 8. The van der Waals surface area contributed by atoms with E-state index in [2.05, 4.69) is 23.8 Å². The molecule has 0 heterocycles. The Hall–Kier alpha value is -13.4. The smallest absolute Gasteiger partial charge is 0.320 e. The monoisotopic (exact) mass is 1980 g/mol. The van der Waals surface area contributed by atoms with Crippen LogP contribution in [0.15, 0.2) is 141 Å². The highest BCUT2D eigenvalue weighted by molar-refractivity contribution is 6.34. The van der Waals surface area contributed by atoms with E-state index >= 15 is 0 Å². The number of aliphatic hydroxyl groups excluding tert-OH is 11. The number of carbonyl (C=O) groups is 13. The minimum Gasteiger partial charge on any atom is -0.508 e. The number of nitrogens with two attached hydrogens (primary N) is 4. The minimum atomic E-state index is -2.97. The van der Waals surface area contributed by atoms with Gasteiger partial charge in [-0.25, -0.2) is 0 Å². The van der Waals surface area contributed by atoms with Crippen LogP contribution in [-0.2, 0) is 67.9 Å². The normalized spacial score (nSPS) is 31.1. The average molecular weight is 1990 g/mol. The Bertz CT molecular complexity index is 6520. The summed E-state index contributed by atoms with van der Waals surface area (Å²) in [5, 5.41) is 235. The first kappa shape index (κ1) is 104. The van der Waals surface area contributed by atoms with E-state index in [0.717, 1.165) is 0 Å². The van der Waals surface area contributed by atoms with Crippen LogP contribution < -0.4 is 33.6 Å². The van der Waals surface area contributed by atoms with Crippen molar-refractivity contribution in [3.63, 3.8) is 0 Å². The van der Waals surface area contributed by atoms with Crippen LogP contribution in [0.3, 0.4) is 0 Å². The highest BCUT2D eigenvalue weighted by Gasteiger charge is 2.73. The Morgan fingerprint density at radius 1 is 0.464 bits per heavy atom. The summed E-state index contributed by atoms with van der Waals surface area (Å²) in [6.45, 7) is 9.16. The summed E-state index contributed by atoms with van der Waals surface area (Å²) in [6, 6.07) is 7.05. The molecule has 4 aromatic carbocycles. The molecule has 12 aliphatic carbocycles. The molecule has 21 atom stereocenters. The largest absolute Gasteiger partial charge is 0.508 e. The topological polar surface area (TPSA) is 788 Å². The number of likely N-dealkylation sites (N-methyl/N-ethyl adjacent to an activating group) is 4. The zero-order valence-electron chi connectivity index (χ0n) is 75.9. The Morgan fingerprint density at radius 3 is 1.32 bits per heavy atom. The number of unbranched alkanes of at least 4 members (excludes halogenated alkanes) is 1. The number of nitrogens with one attached hydrogen (secondary N) is 2. The van der Waals surface area contributed by atoms with Gasteiger partial charge in [0, 0.05) is 67.8 Å². The maximum Gasteiger partial charge on any atom is 0.320 e. The lowest BCUT2D eigenvalue weighted by Gasteiger charge is -2.53. The van der Waals surface area contributed by atoms with Gasteiger partial charge in [0.1, 0.15) is 97.4 Å². The van der Waals surface area contributed by atoms with Gasteiger partial charge in [-0.05, 0) is 154 Å². The molecule has 140 heavy (non-hydrogen) atoms. The van der Waals surface area contributed by atoms with Gasteiger partial charge in [-0.3, -0.25) is 87.2 Å². The van der Waals surface area contributed by atoms with Gasteiger partial charge in [0.15, 0.2) is 45.5 Å². The molecule has 1 unspecified atom stereocenters. The molecule has 0 aliphatic heterocycles. The van der Waals surface area contributed by atoms with E-state index in [1.165, 1.54) is 144 Å². The van der Waals surface area contributed by atoms with Crippen molar-refractivity contribution in [3.8, 4) is 23.0 Å². The van der Waals surface area contributed by atoms with Gasteiger partial charge in [-0.15, -0.1) is 0 Å². The van der Waals surface area contributed by atoms with E-state index in [9.17, 15) is 170 Å². The summed E-state index contributed by atoms with van der Waals surface area (Å²) in [6.07, 6.45) is -4.08. The summed E-state index contributed by atoms with van der Waals surface area (Å²) in [5.74, 6) is -35.4. The van der Waals surface area contributed by atoms with Crippen molar-refractivity contribution in [1.82, 2.24) is 30.2 Å². The van der Waals surface area contributed by atoms with Crippen molar-refractivity contribution in [1.29, 1.82) is 0 Å². The van der Waals surface area contributed by atoms with Crippen molar-refractivity contribution in [2.75, 3.05) is 69.6 Å². The molecule has 4 amide bonds. The van der Waals surface area contributed by atoms with Crippen molar-refractivity contribution in [3.05, 3.63) is 196 Å². The quantitative estimate of drug-likeness (QED) is 0.0362. The molecular formula is C94H102Cl2N10O34. The summed E-state index contributed by atoms with van der Waals surface area (Å²) >= 11 is 12.4. The lowest BCUT2D eigenvalue weighted by molar-refractivity contribution is -0.166. The lowest BCUT2D eigenvalue weighted by atomic mass is 9.54. The van der Waals surface area contributed by atoms with Crippen molar-refractivity contribution in [2.24, 2.45) is 70.3 Å². The van der Waals surface area contributed by atoms with E-state index in [1.54, 1.807) is 0 Å². The van der Waals surface area contributed by atoms with Crippen LogP contribution in [0.4, 0.5) is 0 Å². The van der Waals surface area contributed by atoms with Gasteiger partial charge in [0.05, 0.1) is 100.0 Å². The Balaban J connectivity index is 0.000000158. The van der Waals surface area contributed by atoms with E-state index in [-0.39, 0.29) is 90.7 Å². The number of rotatable bonds is 16. The maximum absolute atomic E-state index is 14.1. The van der Waals surface area contributed by atoms with Crippen LogP contribution in [0.1, 0.15) is 89.6 Å².